The van der Waals surface area contributed by atoms with E-state index in [9.17, 15) is 0 Å². The summed E-state index contributed by atoms with van der Waals surface area (Å²) in [5.41, 5.74) is 1.42. The Bertz CT molecular complexity index is 431. The normalized spacial score (nSPS) is 31.8. The Morgan fingerprint density at radius 3 is 2.79 bits per heavy atom. The van der Waals surface area contributed by atoms with Crippen molar-refractivity contribution in [2.75, 3.05) is 14.2 Å². The van der Waals surface area contributed by atoms with E-state index < -0.39 is 0 Å². The summed E-state index contributed by atoms with van der Waals surface area (Å²) < 4.78 is 5.37. The fourth-order valence-corrected chi connectivity index (χ4v) is 4.12. The van der Waals surface area contributed by atoms with Crippen LogP contribution in [0.5, 0.6) is 5.75 Å². The quantitative estimate of drug-likeness (QED) is 0.795. The number of benzene rings is 1. The highest BCUT2D eigenvalue weighted by atomic mass is 16.5. The Labute approximate surface area is 116 Å². The second-order valence-electron chi connectivity index (χ2n) is 6.15. The van der Waals surface area contributed by atoms with Crippen LogP contribution in [-0.2, 0) is 0 Å². The molecule has 1 heterocycles. The van der Waals surface area contributed by atoms with Gasteiger partial charge < -0.3 is 4.74 Å². The van der Waals surface area contributed by atoms with Crippen LogP contribution < -0.4 is 4.74 Å². The molecule has 2 nitrogen and oxygen atoms in total. The standard InChI is InChI=1S/C17H25NO/c1-18-16-9-4-3-6-13(16)10-11-17(18)14-7-5-8-15(12-14)19-2/h5,7-8,12-13,16-17H,3-4,6,9-11H2,1-2H3/t13-,16+,17+/m1/s1. The Balaban J connectivity index is 1.80. The van der Waals surface area contributed by atoms with E-state index in [1.54, 1.807) is 7.11 Å². The second kappa shape index (κ2) is 5.54. The van der Waals surface area contributed by atoms with Gasteiger partial charge in [-0.05, 0) is 56.3 Å². The first-order valence-electron chi connectivity index (χ1n) is 7.65. The van der Waals surface area contributed by atoms with Crippen LogP contribution in [0, 0.1) is 5.92 Å². The number of hydrogen-bond acceptors (Lipinski definition) is 2. The smallest absolute Gasteiger partial charge is 0.119 e. The molecule has 0 radical (unpaired) electrons. The van der Waals surface area contributed by atoms with Gasteiger partial charge in [-0.3, -0.25) is 4.90 Å². The molecule has 0 bridgehead atoms. The van der Waals surface area contributed by atoms with Gasteiger partial charge in [-0.1, -0.05) is 25.0 Å². The van der Waals surface area contributed by atoms with E-state index in [2.05, 4.69) is 30.1 Å². The Hall–Kier alpha value is -1.02. The van der Waals surface area contributed by atoms with Crippen molar-refractivity contribution in [3.63, 3.8) is 0 Å². The number of nitrogens with zero attached hydrogens (tertiary/aromatic N) is 1. The number of fused-ring (bicyclic) bond motifs is 1. The van der Waals surface area contributed by atoms with E-state index in [4.69, 9.17) is 4.74 Å². The highest BCUT2D eigenvalue weighted by Gasteiger charge is 2.36. The fraction of sp³-hybridized carbons (Fsp3) is 0.647. The van der Waals surface area contributed by atoms with E-state index in [1.807, 2.05) is 6.07 Å². The molecule has 1 aromatic carbocycles. The fourth-order valence-electron chi connectivity index (χ4n) is 4.12. The third kappa shape index (κ3) is 2.51. The first-order chi connectivity index (χ1) is 9.29. The summed E-state index contributed by atoms with van der Waals surface area (Å²) >= 11 is 0. The molecule has 0 amide bonds. The van der Waals surface area contributed by atoms with E-state index in [1.165, 1.54) is 44.1 Å². The Morgan fingerprint density at radius 1 is 1.11 bits per heavy atom. The second-order valence-corrected chi connectivity index (χ2v) is 6.15. The average molecular weight is 259 g/mol. The molecule has 0 N–H and O–H groups in total. The molecule has 0 aromatic heterocycles. The molecule has 19 heavy (non-hydrogen) atoms. The number of likely N-dealkylation sites (tertiary alicyclic amines) is 1. The molecule has 1 aliphatic carbocycles. The van der Waals surface area contributed by atoms with Gasteiger partial charge in [-0.15, -0.1) is 0 Å². The average Bonchev–Trinajstić information content (AvgIpc) is 2.48. The van der Waals surface area contributed by atoms with E-state index in [0.717, 1.165) is 17.7 Å². The van der Waals surface area contributed by atoms with Crippen LogP contribution in [0.15, 0.2) is 24.3 Å². The van der Waals surface area contributed by atoms with Gasteiger partial charge in [0.05, 0.1) is 7.11 Å². The van der Waals surface area contributed by atoms with Gasteiger partial charge in [0.25, 0.3) is 0 Å². The maximum atomic E-state index is 5.37. The third-order valence-electron chi connectivity index (χ3n) is 5.17. The van der Waals surface area contributed by atoms with Crippen LogP contribution in [0.1, 0.15) is 50.1 Å². The lowest BCUT2D eigenvalue weighted by Crippen LogP contribution is -2.46. The zero-order chi connectivity index (χ0) is 13.2. The van der Waals surface area contributed by atoms with Crippen molar-refractivity contribution >= 4 is 0 Å². The molecule has 1 saturated carbocycles. The summed E-state index contributed by atoms with van der Waals surface area (Å²) in [4.78, 5) is 2.64. The zero-order valence-corrected chi connectivity index (χ0v) is 12.1. The molecule has 104 valence electrons. The SMILES string of the molecule is COc1cccc([C@@H]2CC[C@H]3CCCC[C@@H]3N2C)c1. The van der Waals surface area contributed by atoms with Gasteiger partial charge in [0.15, 0.2) is 0 Å². The lowest BCUT2D eigenvalue weighted by Gasteiger charge is -2.47. The molecule has 2 heteroatoms. The largest absolute Gasteiger partial charge is 0.497 e. The number of methoxy groups -OCH3 is 1. The van der Waals surface area contributed by atoms with E-state index in [0.29, 0.717) is 6.04 Å². The molecule has 2 aliphatic rings. The summed E-state index contributed by atoms with van der Waals surface area (Å²) in [6, 6.07) is 10.0. The van der Waals surface area contributed by atoms with Crippen molar-refractivity contribution in [3.8, 4) is 5.75 Å². The van der Waals surface area contributed by atoms with Gasteiger partial charge in [0.1, 0.15) is 5.75 Å². The summed E-state index contributed by atoms with van der Waals surface area (Å²) in [7, 11) is 4.08. The number of ether oxygens (including phenoxy) is 1. The van der Waals surface area contributed by atoms with E-state index >= 15 is 0 Å². The molecule has 2 fully saturated rings. The summed E-state index contributed by atoms with van der Waals surface area (Å²) in [6.07, 6.45) is 8.39. The van der Waals surface area contributed by atoms with Gasteiger partial charge in [0, 0.05) is 12.1 Å². The zero-order valence-electron chi connectivity index (χ0n) is 12.1. The number of rotatable bonds is 2. The van der Waals surface area contributed by atoms with Gasteiger partial charge >= 0.3 is 0 Å². The molecule has 1 saturated heterocycles. The highest BCUT2D eigenvalue weighted by Crippen LogP contribution is 2.42. The van der Waals surface area contributed by atoms with Crippen LogP contribution >= 0.6 is 0 Å². The first-order valence-corrected chi connectivity index (χ1v) is 7.65. The lowest BCUT2D eigenvalue weighted by molar-refractivity contribution is 0.0363. The molecule has 0 spiro atoms. The predicted molar refractivity (Wildman–Crippen MR) is 78.5 cm³/mol. The minimum atomic E-state index is 0.578. The van der Waals surface area contributed by atoms with Gasteiger partial charge in [0.2, 0.25) is 0 Å². The number of piperidine rings is 1. The molecule has 3 rings (SSSR count). The molecular formula is C17H25NO. The van der Waals surface area contributed by atoms with E-state index in [-0.39, 0.29) is 0 Å². The van der Waals surface area contributed by atoms with Crippen molar-refractivity contribution in [2.45, 2.75) is 50.6 Å². The summed E-state index contributed by atoms with van der Waals surface area (Å²) in [6.45, 7) is 0. The van der Waals surface area contributed by atoms with Crippen molar-refractivity contribution in [3.05, 3.63) is 29.8 Å². The summed E-state index contributed by atoms with van der Waals surface area (Å²) in [5.74, 6) is 1.93. The van der Waals surface area contributed by atoms with Crippen LogP contribution in [0.3, 0.4) is 0 Å². The van der Waals surface area contributed by atoms with Crippen LogP contribution in [0.4, 0.5) is 0 Å². The maximum Gasteiger partial charge on any atom is 0.119 e. The van der Waals surface area contributed by atoms with Gasteiger partial charge in [-0.2, -0.15) is 0 Å². The van der Waals surface area contributed by atoms with Crippen molar-refractivity contribution in [1.29, 1.82) is 0 Å². The highest BCUT2D eigenvalue weighted by molar-refractivity contribution is 5.31. The predicted octanol–water partition coefficient (Wildman–Crippen LogP) is 4.02. The monoisotopic (exact) mass is 259 g/mol. The Morgan fingerprint density at radius 2 is 1.95 bits per heavy atom. The molecular weight excluding hydrogens is 234 g/mol. The molecule has 0 unspecified atom stereocenters. The van der Waals surface area contributed by atoms with Crippen LogP contribution in [0.25, 0.3) is 0 Å². The molecule has 1 aromatic rings. The van der Waals surface area contributed by atoms with Crippen molar-refractivity contribution < 1.29 is 4.74 Å². The van der Waals surface area contributed by atoms with Crippen LogP contribution in [0.2, 0.25) is 0 Å². The molecule has 1 aliphatic heterocycles. The van der Waals surface area contributed by atoms with Crippen LogP contribution in [-0.4, -0.2) is 25.1 Å². The Kier molecular flexibility index (Phi) is 3.79. The number of hydrogen-bond donors (Lipinski definition) is 0. The topological polar surface area (TPSA) is 12.5 Å². The minimum Gasteiger partial charge on any atom is -0.497 e. The molecule has 3 atom stereocenters. The first kappa shape index (κ1) is 13.0. The van der Waals surface area contributed by atoms with Crippen molar-refractivity contribution in [2.24, 2.45) is 5.92 Å². The maximum absolute atomic E-state index is 5.37. The van der Waals surface area contributed by atoms with Crippen molar-refractivity contribution in [1.82, 2.24) is 4.90 Å². The van der Waals surface area contributed by atoms with Gasteiger partial charge in [-0.25, -0.2) is 0 Å². The lowest BCUT2D eigenvalue weighted by atomic mass is 9.75. The minimum absolute atomic E-state index is 0.578. The summed E-state index contributed by atoms with van der Waals surface area (Å²) in [5, 5.41) is 0. The third-order valence-corrected chi connectivity index (χ3v) is 5.17.